The zero-order valence-electron chi connectivity index (χ0n) is 16.8. The number of aliphatic hydroxyl groups excluding tert-OH is 2. The van der Waals surface area contributed by atoms with Crippen molar-refractivity contribution >= 4 is 21.5 Å². The summed E-state index contributed by atoms with van der Waals surface area (Å²) in [5.41, 5.74) is 2.08. The SMILES string of the molecule is OC[C@H](OCc1cccc2ccccc12)[C@H](CO)OCc1cccc2ccccc12. The number of rotatable bonds is 9. The zero-order chi connectivity index (χ0) is 20.8. The van der Waals surface area contributed by atoms with Crippen LogP contribution >= 0.6 is 0 Å². The van der Waals surface area contributed by atoms with E-state index >= 15 is 0 Å². The van der Waals surface area contributed by atoms with Crippen LogP contribution in [0.15, 0.2) is 84.9 Å². The van der Waals surface area contributed by atoms with E-state index in [2.05, 4.69) is 36.4 Å². The Morgan fingerprint density at radius 1 is 0.533 bits per heavy atom. The van der Waals surface area contributed by atoms with Crippen LogP contribution in [0.25, 0.3) is 21.5 Å². The molecule has 0 radical (unpaired) electrons. The van der Waals surface area contributed by atoms with E-state index in [0.717, 1.165) is 32.7 Å². The van der Waals surface area contributed by atoms with E-state index in [1.807, 2.05) is 48.5 Å². The van der Waals surface area contributed by atoms with Crippen LogP contribution in [0.3, 0.4) is 0 Å². The van der Waals surface area contributed by atoms with Crippen molar-refractivity contribution in [3.63, 3.8) is 0 Å². The Hall–Kier alpha value is -2.76. The van der Waals surface area contributed by atoms with Crippen LogP contribution in [-0.2, 0) is 22.7 Å². The molecule has 0 heterocycles. The average molecular weight is 402 g/mol. The minimum atomic E-state index is -0.621. The molecule has 0 aliphatic carbocycles. The van der Waals surface area contributed by atoms with Gasteiger partial charge in [-0.3, -0.25) is 0 Å². The van der Waals surface area contributed by atoms with E-state index in [0.29, 0.717) is 13.2 Å². The zero-order valence-corrected chi connectivity index (χ0v) is 16.8. The fourth-order valence-electron chi connectivity index (χ4n) is 3.79. The molecule has 0 aromatic heterocycles. The minimum absolute atomic E-state index is 0.231. The summed E-state index contributed by atoms with van der Waals surface area (Å²) in [6.45, 7) is 0.207. The van der Waals surface area contributed by atoms with Crippen LogP contribution in [0, 0.1) is 0 Å². The molecule has 4 aromatic rings. The van der Waals surface area contributed by atoms with Crippen LogP contribution < -0.4 is 0 Å². The number of hydrogen-bond acceptors (Lipinski definition) is 4. The van der Waals surface area contributed by atoms with Crippen molar-refractivity contribution in [2.45, 2.75) is 25.4 Å². The predicted molar refractivity (Wildman–Crippen MR) is 119 cm³/mol. The Labute approximate surface area is 176 Å². The van der Waals surface area contributed by atoms with E-state index in [1.165, 1.54) is 0 Å². The van der Waals surface area contributed by atoms with Gasteiger partial charge in [0, 0.05) is 0 Å². The fourth-order valence-corrected chi connectivity index (χ4v) is 3.79. The molecule has 0 aliphatic heterocycles. The molecule has 0 saturated carbocycles. The molecule has 0 saturated heterocycles. The Balaban J connectivity index is 1.44. The highest BCUT2D eigenvalue weighted by atomic mass is 16.6. The molecule has 0 bridgehead atoms. The molecule has 0 spiro atoms. The number of ether oxygens (including phenoxy) is 2. The molecule has 4 heteroatoms. The fraction of sp³-hybridized carbons (Fsp3) is 0.231. The van der Waals surface area contributed by atoms with Crippen molar-refractivity contribution in [2.75, 3.05) is 13.2 Å². The molecule has 4 aromatic carbocycles. The molecule has 0 amide bonds. The highest BCUT2D eigenvalue weighted by Crippen LogP contribution is 2.22. The monoisotopic (exact) mass is 402 g/mol. The summed E-state index contributed by atoms with van der Waals surface area (Å²) in [4.78, 5) is 0. The summed E-state index contributed by atoms with van der Waals surface area (Å²) in [6, 6.07) is 28.4. The Morgan fingerprint density at radius 2 is 0.933 bits per heavy atom. The minimum Gasteiger partial charge on any atom is -0.394 e. The largest absolute Gasteiger partial charge is 0.394 e. The van der Waals surface area contributed by atoms with E-state index in [4.69, 9.17) is 9.47 Å². The number of fused-ring (bicyclic) bond motifs is 2. The molecule has 0 fully saturated rings. The van der Waals surface area contributed by atoms with Crippen LogP contribution in [0.5, 0.6) is 0 Å². The van der Waals surface area contributed by atoms with Gasteiger partial charge in [-0.15, -0.1) is 0 Å². The Bertz CT molecular complexity index is 1010. The normalized spacial score (nSPS) is 13.5. The van der Waals surface area contributed by atoms with Crippen LogP contribution in [0.4, 0.5) is 0 Å². The quantitative estimate of drug-likeness (QED) is 0.434. The third kappa shape index (κ3) is 4.53. The molecule has 0 aliphatic rings. The average Bonchev–Trinajstić information content (AvgIpc) is 2.81. The first-order chi connectivity index (χ1) is 14.8. The summed E-state index contributed by atoms with van der Waals surface area (Å²) in [7, 11) is 0. The molecule has 30 heavy (non-hydrogen) atoms. The summed E-state index contributed by atoms with van der Waals surface area (Å²) in [5, 5.41) is 24.3. The van der Waals surface area contributed by atoms with Crippen molar-refractivity contribution in [2.24, 2.45) is 0 Å². The van der Waals surface area contributed by atoms with Gasteiger partial charge in [0.25, 0.3) is 0 Å². The van der Waals surface area contributed by atoms with Gasteiger partial charge < -0.3 is 19.7 Å². The van der Waals surface area contributed by atoms with Gasteiger partial charge in [0.1, 0.15) is 12.2 Å². The van der Waals surface area contributed by atoms with Gasteiger partial charge in [-0.25, -0.2) is 0 Å². The predicted octanol–water partition coefficient (Wildman–Crippen LogP) is 4.45. The third-order valence-corrected chi connectivity index (χ3v) is 5.44. The van der Waals surface area contributed by atoms with Crippen molar-refractivity contribution in [3.8, 4) is 0 Å². The molecule has 4 rings (SSSR count). The first kappa shape index (κ1) is 20.5. The lowest BCUT2D eigenvalue weighted by Crippen LogP contribution is -2.37. The first-order valence-corrected chi connectivity index (χ1v) is 10.2. The van der Waals surface area contributed by atoms with Crippen molar-refractivity contribution in [1.82, 2.24) is 0 Å². The van der Waals surface area contributed by atoms with Crippen LogP contribution in [0.2, 0.25) is 0 Å². The summed E-state index contributed by atoms with van der Waals surface area (Å²) >= 11 is 0. The summed E-state index contributed by atoms with van der Waals surface area (Å²) in [5.74, 6) is 0. The smallest absolute Gasteiger partial charge is 0.109 e. The first-order valence-electron chi connectivity index (χ1n) is 10.2. The second kappa shape index (κ2) is 9.83. The van der Waals surface area contributed by atoms with Crippen LogP contribution in [0.1, 0.15) is 11.1 Å². The molecule has 4 nitrogen and oxygen atoms in total. The number of aliphatic hydroxyl groups is 2. The maximum absolute atomic E-state index is 9.87. The lowest BCUT2D eigenvalue weighted by Gasteiger charge is -2.25. The molecule has 2 atom stereocenters. The van der Waals surface area contributed by atoms with Crippen LogP contribution in [-0.4, -0.2) is 35.6 Å². The topological polar surface area (TPSA) is 58.9 Å². The molecular weight excluding hydrogens is 376 g/mol. The van der Waals surface area contributed by atoms with E-state index in [1.54, 1.807) is 0 Å². The van der Waals surface area contributed by atoms with Gasteiger partial charge in [0.15, 0.2) is 0 Å². The number of hydrogen-bond donors (Lipinski definition) is 2. The van der Waals surface area contributed by atoms with Gasteiger partial charge in [0.2, 0.25) is 0 Å². The summed E-state index contributed by atoms with van der Waals surface area (Å²) in [6.07, 6.45) is -1.24. The van der Waals surface area contributed by atoms with Crippen molar-refractivity contribution < 1.29 is 19.7 Å². The highest BCUT2D eigenvalue weighted by molar-refractivity contribution is 5.86. The second-order valence-corrected chi connectivity index (χ2v) is 7.34. The van der Waals surface area contributed by atoms with Gasteiger partial charge in [-0.1, -0.05) is 84.9 Å². The van der Waals surface area contributed by atoms with Gasteiger partial charge in [0.05, 0.1) is 26.4 Å². The van der Waals surface area contributed by atoms with E-state index < -0.39 is 12.2 Å². The lowest BCUT2D eigenvalue weighted by molar-refractivity contribution is -0.119. The molecule has 0 unspecified atom stereocenters. The maximum Gasteiger partial charge on any atom is 0.109 e. The standard InChI is InChI=1S/C26H26O4/c27-15-25(29-17-21-11-5-9-19-7-1-3-13-23(19)21)26(16-28)30-18-22-12-6-10-20-8-2-4-14-24(20)22/h1-14,25-28H,15-18H2/t25-,26-/m0/s1. The van der Waals surface area contributed by atoms with Gasteiger partial charge >= 0.3 is 0 Å². The van der Waals surface area contributed by atoms with Gasteiger partial charge in [-0.2, -0.15) is 0 Å². The molecule has 154 valence electrons. The van der Waals surface area contributed by atoms with Crippen molar-refractivity contribution in [1.29, 1.82) is 0 Å². The lowest BCUT2D eigenvalue weighted by atomic mass is 10.0. The van der Waals surface area contributed by atoms with Gasteiger partial charge in [-0.05, 0) is 32.7 Å². The third-order valence-electron chi connectivity index (χ3n) is 5.44. The van der Waals surface area contributed by atoms with E-state index in [9.17, 15) is 10.2 Å². The van der Waals surface area contributed by atoms with E-state index in [-0.39, 0.29) is 13.2 Å². The van der Waals surface area contributed by atoms with Crippen molar-refractivity contribution in [3.05, 3.63) is 96.1 Å². The second-order valence-electron chi connectivity index (χ2n) is 7.34. The molecule has 2 N–H and O–H groups in total. The number of benzene rings is 4. The molecular formula is C26H26O4. The summed E-state index contributed by atoms with van der Waals surface area (Å²) < 4.78 is 12.0. The Kier molecular flexibility index (Phi) is 6.72. The Morgan fingerprint density at radius 3 is 1.37 bits per heavy atom. The highest BCUT2D eigenvalue weighted by Gasteiger charge is 2.22. The maximum atomic E-state index is 9.87.